The molecule has 10 heteroatoms. The standard InChI is InChI=1S/C12H16N6O4/c1-8-4-6-14-17(8)7-3-5-13-11(19)9-10(18(20)21)12(22-2)16-15-9/h4,6H,3,5,7H2,1-2H3,(H,13,19)(H,15,16). The first-order valence-corrected chi connectivity index (χ1v) is 6.58. The van der Waals surface area contributed by atoms with E-state index in [0.717, 1.165) is 5.69 Å². The van der Waals surface area contributed by atoms with Crippen molar-refractivity contribution in [1.29, 1.82) is 0 Å². The van der Waals surface area contributed by atoms with Crippen molar-refractivity contribution in [1.82, 2.24) is 25.3 Å². The van der Waals surface area contributed by atoms with Gasteiger partial charge in [-0.3, -0.25) is 24.7 Å². The summed E-state index contributed by atoms with van der Waals surface area (Å²) in [6, 6.07) is 1.89. The third-order valence-electron chi connectivity index (χ3n) is 3.07. The van der Waals surface area contributed by atoms with E-state index in [-0.39, 0.29) is 11.6 Å². The normalized spacial score (nSPS) is 10.5. The Morgan fingerprint density at radius 1 is 1.59 bits per heavy atom. The molecule has 2 aromatic rings. The highest BCUT2D eigenvalue weighted by Crippen LogP contribution is 2.27. The number of methoxy groups -OCH3 is 1. The minimum absolute atomic E-state index is 0.220. The Bertz CT molecular complexity index is 677. The van der Waals surface area contributed by atoms with Crippen LogP contribution in [0.3, 0.4) is 0 Å². The van der Waals surface area contributed by atoms with E-state index < -0.39 is 16.5 Å². The number of amides is 1. The number of rotatable bonds is 7. The zero-order valence-electron chi connectivity index (χ0n) is 12.2. The van der Waals surface area contributed by atoms with Crippen LogP contribution in [0, 0.1) is 17.0 Å². The summed E-state index contributed by atoms with van der Waals surface area (Å²) in [6.45, 7) is 2.94. The molecule has 2 N–H and O–H groups in total. The fraction of sp³-hybridized carbons (Fsp3) is 0.417. The van der Waals surface area contributed by atoms with Crippen molar-refractivity contribution in [3.8, 4) is 5.88 Å². The fourth-order valence-electron chi connectivity index (χ4n) is 1.94. The molecule has 22 heavy (non-hydrogen) atoms. The lowest BCUT2D eigenvalue weighted by Gasteiger charge is -2.05. The third-order valence-corrected chi connectivity index (χ3v) is 3.07. The van der Waals surface area contributed by atoms with Crippen LogP contribution < -0.4 is 10.1 Å². The topological polar surface area (TPSA) is 128 Å². The number of nitrogens with one attached hydrogen (secondary N) is 2. The number of hydrogen-bond donors (Lipinski definition) is 2. The second kappa shape index (κ2) is 6.70. The van der Waals surface area contributed by atoms with E-state index in [2.05, 4.69) is 20.6 Å². The maximum Gasteiger partial charge on any atom is 0.362 e. The summed E-state index contributed by atoms with van der Waals surface area (Å²) in [7, 11) is 1.25. The first kappa shape index (κ1) is 15.5. The molecule has 0 aliphatic rings. The highest BCUT2D eigenvalue weighted by Gasteiger charge is 2.29. The molecule has 118 valence electrons. The first-order valence-electron chi connectivity index (χ1n) is 6.58. The maximum atomic E-state index is 12.0. The maximum absolute atomic E-state index is 12.0. The third kappa shape index (κ3) is 3.22. The van der Waals surface area contributed by atoms with Gasteiger partial charge in [0.05, 0.1) is 12.0 Å². The van der Waals surface area contributed by atoms with E-state index in [0.29, 0.717) is 19.5 Å². The van der Waals surface area contributed by atoms with Gasteiger partial charge >= 0.3 is 11.6 Å². The number of aromatic nitrogens is 4. The van der Waals surface area contributed by atoms with E-state index in [1.54, 1.807) is 6.20 Å². The summed E-state index contributed by atoms with van der Waals surface area (Å²) in [6.07, 6.45) is 2.35. The Kier molecular flexibility index (Phi) is 4.71. The number of H-pyrrole nitrogens is 1. The van der Waals surface area contributed by atoms with Gasteiger partial charge in [0.2, 0.25) is 5.69 Å². The lowest BCUT2D eigenvalue weighted by Crippen LogP contribution is -2.26. The first-order chi connectivity index (χ1) is 10.5. The van der Waals surface area contributed by atoms with Crippen LogP contribution in [0.1, 0.15) is 22.6 Å². The Morgan fingerprint density at radius 3 is 2.95 bits per heavy atom. The summed E-state index contributed by atoms with van der Waals surface area (Å²) < 4.78 is 6.56. The molecule has 1 amide bonds. The summed E-state index contributed by atoms with van der Waals surface area (Å²) in [5, 5.41) is 23.6. The van der Waals surface area contributed by atoms with Gasteiger partial charge < -0.3 is 10.1 Å². The van der Waals surface area contributed by atoms with E-state index in [1.165, 1.54) is 7.11 Å². The Balaban J connectivity index is 1.91. The van der Waals surface area contributed by atoms with Gasteiger partial charge in [-0.05, 0) is 19.4 Å². The molecular weight excluding hydrogens is 292 g/mol. The van der Waals surface area contributed by atoms with Crippen molar-refractivity contribution >= 4 is 11.6 Å². The van der Waals surface area contributed by atoms with Crippen LogP contribution in [0.5, 0.6) is 5.88 Å². The highest BCUT2D eigenvalue weighted by atomic mass is 16.6. The predicted molar refractivity (Wildman–Crippen MR) is 75.7 cm³/mol. The molecule has 2 aromatic heterocycles. The minimum atomic E-state index is -0.704. The van der Waals surface area contributed by atoms with Crippen molar-refractivity contribution < 1.29 is 14.5 Å². The SMILES string of the molecule is COc1n[nH]c(C(=O)NCCCn2nccc2C)c1[N+](=O)[O-]. The molecule has 0 aliphatic carbocycles. The molecular formula is C12H16N6O4. The van der Waals surface area contributed by atoms with Gasteiger partial charge in [0.15, 0.2) is 0 Å². The molecule has 2 heterocycles. The molecule has 0 saturated carbocycles. The lowest BCUT2D eigenvalue weighted by atomic mass is 10.3. The van der Waals surface area contributed by atoms with E-state index in [1.807, 2.05) is 17.7 Å². The zero-order chi connectivity index (χ0) is 16.1. The molecule has 0 aromatic carbocycles. The minimum Gasteiger partial charge on any atom is -0.475 e. The number of nitro groups is 1. The predicted octanol–water partition coefficient (Wildman–Crippen LogP) is 0.652. The second-order valence-electron chi connectivity index (χ2n) is 4.52. The zero-order valence-corrected chi connectivity index (χ0v) is 12.2. The van der Waals surface area contributed by atoms with E-state index >= 15 is 0 Å². The fourth-order valence-corrected chi connectivity index (χ4v) is 1.94. The van der Waals surface area contributed by atoms with Crippen molar-refractivity contribution in [3.05, 3.63) is 33.8 Å². The summed E-state index contributed by atoms with van der Waals surface area (Å²) in [5.74, 6) is -0.818. The van der Waals surface area contributed by atoms with Crippen molar-refractivity contribution in [3.63, 3.8) is 0 Å². The molecule has 0 unspecified atom stereocenters. The number of aromatic amines is 1. The monoisotopic (exact) mass is 308 g/mol. The number of ether oxygens (including phenoxy) is 1. The smallest absolute Gasteiger partial charge is 0.362 e. The molecule has 0 atom stereocenters. The van der Waals surface area contributed by atoms with Gasteiger partial charge in [0.25, 0.3) is 5.91 Å². The van der Waals surface area contributed by atoms with E-state index in [9.17, 15) is 14.9 Å². The van der Waals surface area contributed by atoms with Crippen LogP contribution in [-0.4, -0.2) is 44.5 Å². The van der Waals surface area contributed by atoms with Gasteiger partial charge in [-0.25, -0.2) is 0 Å². The van der Waals surface area contributed by atoms with Gasteiger partial charge in [0.1, 0.15) is 0 Å². The molecule has 0 saturated heterocycles. The van der Waals surface area contributed by atoms with Crippen molar-refractivity contribution in [2.24, 2.45) is 0 Å². The van der Waals surface area contributed by atoms with Crippen molar-refractivity contribution in [2.45, 2.75) is 19.9 Å². The van der Waals surface area contributed by atoms with Crippen LogP contribution in [0.4, 0.5) is 5.69 Å². The summed E-state index contributed by atoms with van der Waals surface area (Å²) in [5.41, 5.74) is 0.334. The van der Waals surface area contributed by atoms with Gasteiger partial charge in [-0.15, -0.1) is 5.10 Å². The second-order valence-corrected chi connectivity index (χ2v) is 4.52. The molecule has 0 radical (unpaired) electrons. The lowest BCUT2D eigenvalue weighted by molar-refractivity contribution is -0.386. The van der Waals surface area contributed by atoms with Gasteiger partial charge in [-0.1, -0.05) is 0 Å². The molecule has 0 fully saturated rings. The summed E-state index contributed by atoms with van der Waals surface area (Å²) >= 11 is 0. The average Bonchev–Trinajstić information content (AvgIpc) is 3.09. The van der Waals surface area contributed by atoms with Gasteiger partial charge in [0, 0.05) is 25.0 Å². The molecule has 0 aliphatic heterocycles. The molecule has 0 spiro atoms. The highest BCUT2D eigenvalue weighted by molar-refractivity contribution is 5.97. The summed E-state index contributed by atoms with van der Waals surface area (Å²) in [4.78, 5) is 22.2. The quantitative estimate of drug-likeness (QED) is 0.439. The number of nitrogens with zero attached hydrogens (tertiary/aromatic N) is 4. The van der Waals surface area contributed by atoms with Crippen LogP contribution in [0.25, 0.3) is 0 Å². The van der Waals surface area contributed by atoms with Crippen molar-refractivity contribution in [2.75, 3.05) is 13.7 Å². The number of carbonyl (C=O) groups is 1. The van der Waals surface area contributed by atoms with Crippen LogP contribution in [0.15, 0.2) is 12.3 Å². The van der Waals surface area contributed by atoms with Crippen LogP contribution >= 0.6 is 0 Å². The Morgan fingerprint density at radius 2 is 2.36 bits per heavy atom. The Hall–Kier alpha value is -2.91. The van der Waals surface area contributed by atoms with Crippen LogP contribution in [0.2, 0.25) is 0 Å². The average molecular weight is 308 g/mol. The van der Waals surface area contributed by atoms with E-state index in [4.69, 9.17) is 4.74 Å². The Labute approximate surface area is 125 Å². The molecule has 0 bridgehead atoms. The molecule has 2 rings (SSSR count). The number of carbonyl (C=O) groups excluding carboxylic acids is 1. The van der Waals surface area contributed by atoms with Crippen LogP contribution in [-0.2, 0) is 6.54 Å². The number of hydrogen-bond acceptors (Lipinski definition) is 6. The number of aryl methyl sites for hydroxylation is 2. The molecule has 10 nitrogen and oxygen atoms in total. The largest absolute Gasteiger partial charge is 0.475 e. The van der Waals surface area contributed by atoms with Gasteiger partial charge in [-0.2, -0.15) is 5.10 Å².